The molecule has 0 amide bonds. The zero-order chi connectivity index (χ0) is 9.97. The Morgan fingerprint density at radius 2 is 2.29 bits per heavy atom. The summed E-state index contributed by atoms with van der Waals surface area (Å²) in [6.07, 6.45) is 4.05. The lowest BCUT2D eigenvalue weighted by Crippen LogP contribution is -2.05. The summed E-state index contributed by atoms with van der Waals surface area (Å²) in [7, 11) is 1.67. The third-order valence-electron chi connectivity index (χ3n) is 2.34. The minimum absolute atomic E-state index is 0.588. The number of nitrogens with one attached hydrogen (secondary N) is 1. The van der Waals surface area contributed by atoms with Crippen molar-refractivity contribution in [2.24, 2.45) is 0 Å². The molecule has 0 unspecified atom stereocenters. The van der Waals surface area contributed by atoms with Gasteiger partial charge in [0.15, 0.2) is 11.6 Å². The predicted octanol–water partition coefficient (Wildman–Crippen LogP) is 1.79. The average Bonchev–Trinajstić information content (AvgIpc) is 3.01. The van der Waals surface area contributed by atoms with Crippen molar-refractivity contribution < 1.29 is 4.74 Å². The first-order chi connectivity index (χ1) is 6.86. The number of hydrogen-bond donors (Lipinski definition) is 1. The number of hydrogen-bond acceptors (Lipinski definition) is 4. The van der Waals surface area contributed by atoms with E-state index >= 15 is 0 Å². The third-order valence-corrected chi connectivity index (χ3v) is 2.34. The van der Waals surface area contributed by atoms with Crippen LogP contribution in [0.2, 0.25) is 0 Å². The molecule has 14 heavy (non-hydrogen) atoms. The van der Waals surface area contributed by atoms with Crippen molar-refractivity contribution in [2.45, 2.75) is 25.7 Å². The van der Waals surface area contributed by atoms with Gasteiger partial charge < -0.3 is 10.1 Å². The third kappa shape index (κ3) is 1.64. The van der Waals surface area contributed by atoms with E-state index in [2.05, 4.69) is 15.3 Å². The number of rotatable bonds is 4. The van der Waals surface area contributed by atoms with E-state index in [0.29, 0.717) is 5.92 Å². The maximum atomic E-state index is 5.34. The largest absolute Gasteiger partial charge is 0.491 e. The highest BCUT2D eigenvalue weighted by atomic mass is 16.5. The highest BCUT2D eigenvalue weighted by Crippen LogP contribution is 2.44. The zero-order valence-electron chi connectivity index (χ0n) is 8.58. The molecule has 1 aromatic heterocycles. The Morgan fingerprint density at radius 1 is 1.50 bits per heavy atom. The van der Waals surface area contributed by atoms with Crippen molar-refractivity contribution in [3.05, 3.63) is 12.0 Å². The van der Waals surface area contributed by atoms with Crippen LogP contribution in [0.5, 0.6) is 5.75 Å². The van der Waals surface area contributed by atoms with E-state index in [1.54, 1.807) is 13.4 Å². The lowest BCUT2D eigenvalue weighted by Gasteiger charge is -2.11. The van der Waals surface area contributed by atoms with Crippen LogP contribution in [-0.2, 0) is 0 Å². The Hall–Kier alpha value is -1.32. The molecule has 1 aliphatic carbocycles. The second-order valence-corrected chi connectivity index (χ2v) is 3.45. The van der Waals surface area contributed by atoms with Gasteiger partial charge in [-0.25, -0.2) is 9.97 Å². The van der Waals surface area contributed by atoms with E-state index in [0.717, 1.165) is 23.8 Å². The molecule has 0 aromatic carbocycles. The Balaban J connectivity index is 2.34. The van der Waals surface area contributed by atoms with Gasteiger partial charge in [-0.1, -0.05) is 0 Å². The van der Waals surface area contributed by atoms with Gasteiger partial charge in [0.05, 0.1) is 12.8 Å². The van der Waals surface area contributed by atoms with Crippen LogP contribution in [0.1, 0.15) is 31.4 Å². The van der Waals surface area contributed by atoms with E-state index in [9.17, 15) is 0 Å². The summed E-state index contributed by atoms with van der Waals surface area (Å²) in [4.78, 5) is 8.44. The molecular formula is C10H15N3O. The molecule has 4 nitrogen and oxygen atoms in total. The highest BCUT2D eigenvalue weighted by Gasteiger charge is 2.29. The predicted molar refractivity (Wildman–Crippen MR) is 54.7 cm³/mol. The quantitative estimate of drug-likeness (QED) is 0.792. The Labute approximate surface area is 83.7 Å². The second-order valence-electron chi connectivity index (χ2n) is 3.45. The van der Waals surface area contributed by atoms with Crippen LogP contribution < -0.4 is 10.1 Å². The van der Waals surface area contributed by atoms with Gasteiger partial charge in [-0.3, -0.25) is 0 Å². The van der Waals surface area contributed by atoms with Crippen LogP contribution in [0.25, 0.3) is 0 Å². The number of anilines is 1. The summed E-state index contributed by atoms with van der Waals surface area (Å²) < 4.78 is 5.34. The van der Waals surface area contributed by atoms with Gasteiger partial charge >= 0.3 is 0 Å². The number of nitrogens with zero attached hydrogens (tertiary/aromatic N) is 2. The summed E-state index contributed by atoms with van der Waals surface area (Å²) in [5, 5.41) is 3.17. The topological polar surface area (TPSA) is 47.0 Å². The van der Waals surface area contributed by atoms with E-state index in [1.807, 2.05) is 6.92 Å². The molecular weight excluding hydrogens is 178 g/mol. The Bertz CT molecular complexity index is 323. The molecule has 76 valence electrons. The maximum Gasteiger partial charge on any atom is 0.183 e. The normalized spacial score (nSPS) is 15.3. The van der Waals surface area contributed by atoms with Crippen molar-refractivity contribution in [1.29, 1.82) is 0 Å². The molecule has 0 spiro atoms. The molecule has 4 heteroatoms. The van der Waals surface area contributed by atoms with E-state index < -0.39 is 0 Å². The number of methoxy groups -OCH3 is 1. The van der Waals surface area contributed by atoms with Crippen molar-refractivity contribution in [1.82, 2.24) is 9.97 Å². The minimum Gasteiger partial charge on any atom is -0.491 e. The molecule has 0 bridgehead atoms. The molecule has 1 N–H and O–H groups in total. The fourth-order valence-corrected chi connectivity index (χ4v) is 1.53. The maximum absolute atomic E-state index is 5.34. The standard InChI is InChI=1S/C10H15N3O/c1-3-11-10-9(14-2)8(7-4-5-7)12-6-13-10/h6-7H,3-5H2,1-2H3,(H,11,12,13). The van der Waals surface area contributed by atoms with Crippen LogP contribution in [0.4, 0.5) is 5.82 Å². The lowest BCUT2D eigenvalue weighted by atomic mass is 10.2. The first-order valence-electron chi connectivity index (χ1n) is 4.99. The number of aromatic nitrogens is 2. The number of ether oxygens (including phenoxy) is 1. The molecule has 1 saturated carbocycles. The average molecular weight is 193 g/mol. The summed E-state index contributed by atoms with van der Waals surface area (Å²) >= 11 is 0. The smallest absolute Gasteiger partial charge is 0.183 e. The molecule has 0 saturated heterocycles. The fourth-order valence-electron chi connectivity index (χ4n) is 1.53. The van der Waals surface area contributed by atoms with Crippen LogP contribution >= 0.6 is 0 Å². The van der Waals surface area contributed by atoms with Crippen molar-refractivity contribution in [3.8, 4) is 5.75 Å². The summed E-state index contributed by atoms with van der Waals surface area (Å²) in [6, 6.07) is 0. The van der Waals surface area contributed by atoms with E-state index in [1.165, 1.54) is 12.8 Å². The first-order valence-corrected chi connectivity index (χ1v) is 4.99. The van der Waals surface area contributed by atoms with Crippen LogP contribution in [0, 0.1) is 0 Å². The second kappa shape index (κ2) is 3.82. The molecule has 0 radical (unpaired) electrons. The molecule has 1 fully saturated rings. The van der Waals surface area contributed by atoms with Crippen LogP contribution in [0.15, 0.2) is 6.33 Å². The highest BCUT2D eigenvalue weighted by molar-refractivity contribution is 5.53. The Kier molecular flexibility index (Phi) is 2.52. The summed E-state index contributed by atoms with van der Waals surface area (Å²) in [5.41, 5.74) is 1.05. The fraction of sp³-hybridized carbons (Fsp3) is 0.600. The van der Waals surface area contributed by atoms with Gasteiger partial charge in [0.1, 0.15) is 6.33 Å². The summed E-state index contributed by atoms with van der Waals surface area (Å²) in [5.74, 6) is 2.22. The van der Waals surface area contributed by atoms with Gasteiger partial charge in [-0.05, 0) is 19.8 Å². The lowest BCUT2D eigenvalue weighted by molar-refractivity contribution is 0.406. The van der Waals surface area contributed by atoms with Gasteiger partial charge in [0, 0.05) is 12.5 Å². The molecule has 2 rings (SSSR count). The zero-order valence-corrected chi connectivity index (χ0v) is 8.58. The van der Waals surface area contributed by atoms with Gasteiger partial charge in [0.2, 0.25) is 0 Å². The SMILES string of the molecule is CCNc1ncnc(C2CC2)c1OC. The van der Waals surface area contributed by atoms with Crippen molar-refractivity contribution in [2.75, 3.05) is 19.0 Å². The van der Waals surface area contributed by atoms with E-state index in [4.69, 9.17) is 4.74 Å². The Morgan fingerprint density at radius 3 is 2.86 bits per heavy atom. The van der Waals surface area contributed by atoms with Gasteiger partial charge in [0.25, 0.3) is 0 Å². The molecule has 1 aliphatic rings. The van der Waals surface area contributed by atoms with Crippen LogP contribution in [-0.4, -0.2) is 23.6 Å². The summed E-state index contributed by atoms with van der Waals surface area (Å²) in [6.45, 7) is 2.88. The van der Waals surface area contributed by atoms with Crippen molar-refractivity contribution in [3.63, 3.8) is 0 Å². The minimum atomic E-state index is 0.588. The van der Waals surface area contributed by atoms with E-state index in [-0.39, 0.29) is 0 Å². The molecule has 0 aliphatic heterocycles. The van der Waals surface area contributed by atoms with Crippen molar-refractivity contribution >= 4 is 5.82 Å². The molecule has 0 atom stereocenters. The monoisotopic (exact) mass is 193 g/mol. The first kappa shape index (κ1) is 9.24. The molecule has 1 heterocycles. The van der Waals surface area contributed by atoms with Crippen LogP contribution in [0.3, 0.4) is 0 Å². The van der Waals surface area contributed by atoms with Gasteiger partial charge in [-0.15, -0.1) is 0 Å². The van der Waals surface area contributed by atoms with Gasteiger partial charge in [-0.2, -0.15) is 0 Å². The molecule has 1 aromatic rings.